The van der Waals surface area contributed by atoms with Crippen LogP contribution < -0.4 is 5.32 Å². The summed E-state index contributed by atoms with van der Waals surface area (Å²) >= 11 is 0. The minimum atomic E-state index is -0.509. The van der Waals surface area contributed by atoms with Gasteiger partial charge in [0, 0.05) is 18.3 Å². The molecule has 0 amide bonds. The summed E-state index contributed by atoms with van der Waals surface area (Å²) < 4.78 is 0. The van der Waals surface area contributed by atoms with Gasteiger partial charge in [-0.3, -0.25) is 15.1 Å². The normalized spacial score (nSPS) is 10.0. The van der Waals surface area contributed by atoms with E-state index in [2.05, 4.69) is 10.3 Å². The van der Waals surface area contributed by atoms with Crippen molar-refractivity contribution in [2.24, 2.45) is 0 Å². The molecule has 0 saturated heterocycles. The fraction of sp³-hybridized carbons (Fsp3) is 0.0833. The maximum absolute atomic E-state index is 10.6. The highest BCUT2D eigenvalue weighted by Gasteiger charge is 2.09. The van der Waals surface area contributed by atoms with E-state index in [9.17, 15) is 15.2 Å². The number of hydrogen-bond acceptors (Lipinski definition) is 5. The number of benzene rings is 1. The minimum Gasteiger partial charge on any atom is -0.506 e. The van der Waals surface area contributed by atoms with E-state index in [1.807, 2.05) is 12.1 Å². The molecule has 2 aromatic rings. The van der Waals surface area contributed by atoms with Crippen molar-refractivity contribution in [3.63, 3.8) is 0 Å². The zero-order valence-corrected chi connectivity index (χ0v) is 9.41. The molecule has 0 fully saturated rings. The third-order valence-corrected chi connectivity index (χ3v) is 2.38. The van der Waals surface area contributed by atoms with Crippen molar-refractivity contribution >= 4 is 11.4 Å². The van der Waals surface area contributed by atoms with Gasteiger partial charge in [-0.2, -0.15) is 0 Å². The Bertz CT molecular complexity index is 558. The Balaban J connectivity index is 2.14. The van der Waals surface area contributed by atoms with E-state index in [0.717, 1.165) is 5.69 Å². The van der Waals surface area contributed by atoms with Crippen molar-refractivity contribution in [1.29, 1.82) is 0 Å². The summed E-state index contributed by atoms with van der Waals surface area (Å²) in [6.45, 7) is 0.384. The number of nitro benzene ring substituents is 1. The van der Waals surface area contributed by atoms with Crippen LogP contribution in [0.25, 0.3) is 0 Å². The molecule has 92 valence electrons. The molecule has 0 saturated carbocycles. The van der Waals surface area contributed by atoms with E-state index >= 15 is 0 Å². The molecule has 0 atom stereocenters. The third-order valence-electron chi connectivity index (χ3n) is 2.38. The number of hydrogen-bond donors (Lipinski definition) is 2. The molecule has 0 aliphatic carbocycles. The van der Waals surface area contributed by atoms with Crippen LogP contribution in [0.1, 0.15) is 5.69 Å². The average Bonchev–Trinajstić information content (AvgIpc) is 2.38. The highest BCUT2D eigenvalue weighted by atomic mass is 16.6. The van der Waals surface area contributed by atoms with Gasteiger partial charge in [0.15, 0.2) is 0 Å². The molecular formula is C12H11N3O3. The first kappa shape index (κ1) is 11.8. The lowest BCUT2D eigenvalue weighted by molar-refractivity contribution is -0.384. The van der Waals surface area contributed by atoms with E-state index in [4.69, 9.17) is 0 Å². The predicted octanol–water partition coefficient (Wildman–Crippen LogP) is 2.31. The third kappa shape index (κ3) is 2.73. The summed E-state index contributed by atoms with van der Waals surface area (Å²) in [7, 11) is 0. The van der Waals surface area contributed by atoms with Crippen LogP contribution in [0.3, 0.4) is 0 Å². The van der Waals surface area contributed by atoms with Gasteiger partial charge in [-0.25, -0.2) is 0 Å². The molecule has 0 aliphatic rings. The van der Waals surface area contributed by atoms with E-state index < -0.39 is 4.92 Å². The zero-order valence-electron chi connectivity index (χ0n) is 9.41. The monoisotopic (exact) mass is 245 g/mol. The zero-order chi connectivity index (χ0) is 13.0. The Hall–Kier alpha value is -2.63. The molecule has 2 rings (SSSR count). The summed E-state index contributed by atoms with van der Waals surface area (Å²) in [6.07, 6.45) is 1.66. The van der Waals surface area contributed by atoms with Gasteiger partial charge in [0.05, 0.1) is 22.8 Å². The number of aromatic hydroxyl groups is 1. The largest absolute Gasteiger partial charge is 0.506 e. The second kappa shape index (κ2) is 5.13. The molecule has 1 heterocycles. The maximum atomic E-state index is 10.6. The Morgan fingerprint density at radius 2 is 2.17 bits per heavy atom. The molecule has 0 spiro atoms. The SMILES string of the molecule is O=[N+]([O-])c1ccc(O)c(NCc2ccccn2)c1. The van der Waals surface area contributed by atoms with E-state index in [1.54, 1.807) is 12.3 Å². The molecule has 2 N–H and O–H groups in total. The van der Waals surface area contributed by atoms with Gasteiger partial charge >= 0.3 is 0 Å². The topological polar surface area (TPSA) is 88.3 Å². The number of aromatic nitrogens is 1. The molecule has 0 radical (unpaired) electrons. The Morgan fingerprint density at radius 3 is 2.83 bits per heavy atom. The first-order valence-electron chi connectivity index (χ1n) is 5.28. The van der Waals surface area contributed by atoms with Gasteiger partial charge in [-0.1, -0.05) is 6.07 Å². The highest BCUT2D eigenvalue weighted by molar-refractivity contribution is 5.60. The Labute approximate surface area is 103 Å². The van der Waals surface area contributed by atoms with Crippen molar-refractivity contribution in [2.75, 3.05) is 5.32 Å². The highest BCUT2D eigenvalue weighted by Crippen LogP contribution is 2.27. The van der Waals surface area contributed by atoms with Crippen molar-refractivity contribution in [1.82, 2.24) is 4.98 Å². The lowest BCUT2D eigenvalue weighted by Gasteiger charge is -2.07. The standard InChI is InChI=1S/C12H11N3O3/c16-12-5-4-10(15(17)18)7-11(12)14-8-9-3-1-2-6-13-9/h1-7,14,16H,8H2. The minimum absolute atomic E-state index is 0.0310. The van der Waals surface area contributed by atoms with Crippen LogP contribution in [0.5, 0.6) is 5.75 Å². The number of pyridine rings is 1. The molecule has 1 aromatic heterocycles. The summed E-state index contributed by atoms with van der Waals surface area (Å²) in [4.78, 5) is 14.2. The van der Waals surface area contributed by atoms with Gasteiger partial charge < -0.3 is 10.4 Å². The summed E-state index contributed by atoms with van der Waals surface area (Å²) in [5.41, 5.74) is 1.02. The average molecular weight is 245 g/mol. The van der Waals surface area contributed by atoms with Crippen molar-refractivity contribution in [3.8, 4) is 5.75 Å². The van der Waals surface area contributed by atoms with Gasteiger partial charge in [-0.05, 0) is 18.2 Å². The molecule has 0 bridgehead atoms. The van der Waals surface area contributed by atoms with Crippen LogP contribution in [0.15, 0.2) is 42.6 Å². The quantitative estimate of drug-likeness (QED) is 0.490. The Morgan fingerprint density at radius 1 is 1.33 bits per heavy atom. The summed E-state index contributed by atoms with van der Waals surface area (Å²) in [5, 5.41) is 23.1. The fourth-order valence-electron chi connectivity index (χ4n) is 1.47. The fourth-order valence-corrected chi connectivity index (χ4v) is 1.47. The molecule has 6 nitrogen and oxygen atoms in total. The molecule has 0 unspecified atom stereocenters. The number of non-ortho nitro benzene ring substituents is 1. The summed E-state index contributed by atoms with van der Waals surface area (Å²) in [6, 6.07) is 9.30. The van der Waals surface area contributed by atoms with Gasteiger partial charge in [0.25, 0.3) is 5.69 Å². The number of rotatable bonds is 4. The van der Waals surface area contributed by atoms with Crippen LogP contribution in [0.2, 0.25) is 0 Å². The number of nitrogens with zero attached hydrogens (tertiary/aromatic N) is 2. The van der Waals surface area contributed by atoms with Crippen LogP contribution in [-0.4, -0.2) is 15.0 Å². The summed E-state index contributed by atoms with van der Waals surface area (Å²) in [5.74, 6) is -0.0310. The van der Waals surface area contributed by atoms with Crippen LogP contribution in [-0.2, 0) is 6.54 Å². The lowest BCUT2D eigenvalue weighted by Crippen LogP contribution is -2.01. The van der Waals surface area contributed by atoms with Crippen molar-refractivity contribution in [3.05, 3.63) is 58.4 Å². The second-order valence-corrected chi connectivity index (χ2v) is 3.63. The van der Waals surface area contributed by atoms with Crippen LogP contribution in [0, 0.1) is 10.1 Å². The molecule has 6 heteroatoms. The van der Waals surface area contributed by atoms with Crippen LogP contribution >= 0.6 is 0 Å². The Kier molecular flexibility index (Phi) is 3.38. The first-order chi connectivity index (χ1) is 8.66. The van der Waals surface area contributed by atoms with Crippen molar-refractivity contribution in [2.45, 2.75) is 6.54 Å². The van der Waals surface area contributed by atoms with Crippen molar-refractivity contribution < 1.29 is 10.0 Å². The van der Waals surface area contributed by atoms with E-state index in [0.29, 0.717) is 12.2 Å². The second-order valence-electron chi connectivity index (χ2n) is 3.63. The number of phenols is 1. The molecule has 1 aromatic carbocycles. The lowest BCUT2D eigenvalue weighted by atomic mass is 10.2. The first-order valence-corrected chi connectivity index (χ1v) is 5.28. The van der Waals surface area contributed by atoms with Gasteiger partial charge in [0.2, 0.25) is 0 Å². The molecule has 0 aliphatic heterocycles. The van der Waals surface area contributed by atoms with Gasteiger partial charge in [-0.15, -0.1) is 0 Å². The number of anilines is 1. The maximum Gasteiger partial charge on any atom is 0.271 e. The van der Waals surface area contributed by atoms with Gasteiger partial charge in [0.1, 0.15) is 5.75 Å². The van der Waals surface area contributed by atoms with Crippen LogP contribution in [0.4, 0.5) is 11.4 Å². The predicted molar refractivity (Wildman–Crippen MR) is 66.3 cm³/mol. The molecule has 18 heavy (non-hydrogen) atoms. The van der Waals surface area contributed by atoms with E-state index in [1.165, 1.54) is 18.2 Å². The molecular weight excluding hydrogens is 234 g/mol. The number of phenolic OH excluding ortho intramolecular Hbond substituents is 1. The van der Waals surface area contributed by atoms with E-state index in [-0.39, 0.29) is 11.4 Å². The smallest absolute Gasteiger partial charge is 0.271 e. The number of nitrogens with one attached hydrogen (secondary N) is 1. The number of nitro groups is 1.